The van der Waals surface area contributed by atoms with Crippen LogP contribution in [0.3, 0.4) is 0 Å². The number of amides is 1. The molecule has 0 aliphatic heterocycles. The number of carbonyl (C=O) groups is 1. The van der Waals surface area contributed by atoms with Crippen molar-refractivity contribution in [3.63, 3.8) is 0 Å². The number of carbonyl (C=O) groups excluding carboxylic acids is 1. The number of nitrogens with zero attached hydrogens (tertiary/aromatic N) is 3. The van der Waals surface area contributed by atoms with E-state index in [0.717, 1.165) is 10.2 Å². The van der Waals surface area contributed by atoms with Crippen LogP contribution in [0.2, 0.25) is 10.0 Å². The summed E-state index contributed by atoms with van der Waals surface area (Å²) in [6.45, 7) is 0.536. The quantitative estimate of drug-likeness (QED) is 0.510. The predicted octanol–water partition coefficient (Wildman–Crippen LogP) is 4.93. The van der Waals surface area contributed by atoms with E-state index in [-0.39, 0.29) is 18.3 Å². The number of aromatic nitrogens is 2. The second kappa shape index (κ2) is 8.37. The van der Waals surface area contributed by atoms with E-state index >= 15 is 0 Å². The Morgan fingerprint density at radius 3 is 2.78 bits per heavy atom. The molecule has 142 valence electrons. The first-order valence-electron chi connectivity index (χ1n) is 7.93. The second-order valence-electron chi connectivity index (χ2n) is 5.85. The molecule has 0 N–H and O–H groups in total. The smallest absolute Gasteiger partial charge is 0.289 e. The third kappa shape index (κ3) is 4.66. The molecule has 1 amide bonds. The summed E-state index contributed by atoms with van der Waals surface area (Å²) in [6, 6.07) is 8.29. The van der Waals surface area contributed by atoms with Crippen LogP contribution in [0.4, 0.5) is 0 Å². The van der Waals surface area contributed by atoms with E-state index < -0.39 is 0 Å². The van der Waals surface area contributed by atoms with Crippen LogP contribution >= 0.6 is 39.1 Å². The lowest BCUT2D eigenvalue weighted by molar-refractivity contribution is 0.0746. The summed E-state index contributed by atoms with van der Waals surface area (Å²) in [6.07, 6.45) is 1.69. The Kier molecular flexibility index (Phi) is 6.14. The molecule has 27 heavy (non-hydrogen) atoms. The van der Waals surface area contributed by atoms with E-state index in [4.69, 9.17) is 32.4 Å². The molecule has 2 aromatic heterocycles. The van der Waals surface area contributed by atoms with Crippen LogP contribution < -0.4 is 4.74 Å². The van der Waals surface area contributed by atoms with Crippen LogP contribution in [0.5, 0.6) is 5.75 Å². The van der Waals surface area contributed by atoms with Gasteiger partial charge < -0.3 is 14.1 Å². The number of halogens is 3. The highest BCUT2D eigenvalue weighted by Crippen LogP contribution is 2.28. The molecule has 9 heteroatoms. The molecule has 0 aliphatic rings. The normalized spacial score (nSPS) is 10.9. The molecule has 1 aromatic carbocycles. The molecule has 0 unspecified atom stereocenters. The fraction of sp³-hybridized carbons (Fsp3) is 0.222. The van der Waals surface area contributed by atoms with Gasteiger partial charge >= 0.3 is 0 Å². The number of rotatable bonds is 6. The molecule has 3 rings (SSSR count). The van der Waals surface area contributed by atoms with Crippen molar-refractivity contribution in [1.82, 2.24) is 14.7 Å². The van der Waals surface area contributed by atoms with Crippen molar-refractivity contribution in [3.05, 3.63) is 68.3 Å². The van der Waals surface area contributed by atoms with Crippen LogP contribution in [0.15, 0.2) is 45.4 Å². The Morgan fingerprint density at radius 2 is 2.11 bits per heavy atom. The number of benzene rings is 1. The summed E-state index contributed by atoms with van der Waals surface area (Å²) in [5.74, 6) is 0.999. The zero-order valence-corrected chi connectivity index (χ0v) is 17.7. The molecule has 0 saturated carbocycles. The molecule has 0 aliphatic carbocycles. The van der Waals surface area contributed by atoms with Gasteiger partial charge in [-0.05, 0) is 46.3 Å². The number of hydrogen-bond donors (Lipinski definition) is 0. The van der Waals surface area contributed by atoms with Crippen molar-refractivity contribution in [2.75, 3.05) is 7.05 Å². The lowest BCUT2D eigenvalue weighted by Gasteiger charge is -2.16. The largest absolute Gasteiger partial charge is 0.484 e. The molecule has 0 bridgehead atoms. The molecule has 0 radical (unpaired) electrons. The van der Waals surface area contributed by atoms with Gasteiger partial charge in [0.05, 0.1) is 27.9 Å². The number of hydrogen-bond acceptors (Lipinski definition) is 4. The topological polar surface area (TPSA) is 60.5 Å². The van der Waals surface area contributed by atoms with Crippen LogP contribution in [-0.2, 0) is 20.2 Å². The van der Waals surface area contributed by atoms with Crippen molar-refractivity contribution < 1.29 is 13.9 Å². The van der Waals surface area contributed by atoms with E-state index in [0.29, 0.717) is 28.1 Å². The summed E-state index contributed by atoms with van der Waals surface area (Å²) >= 11 is 15.4. The standard InChI is InChI=1S/C18H16BrCl2N3O3/c1-23(9-15-13(19)8-22-24(15)2)18(25)17-6-4-12(27-17)10-26-16-5-3-11(20)7-14(16)21/h3-8H,9-10H2,1-2H3. The van der Waals surface area contributed by atoms with Gasteiger partial charge in [0.2, 0.25) is 0 Å². The van der Waals surface area contributed by atoms with E-state index in [2.05, 4.69) is 21.0 Å². The predicted molar refractivity (Wildman–Crippen MR) is 106 cm³/mol. The van der Waals surface area contributed by atoms with Crippen molar-refractivity contribution in [2.45, 2.75) is 13.2 Å². The number of aryl methyl sites for hydroxylation is 1. The van der Waals surface area contributed by atoms with E-state index in [1.54, 1.807) is 53.2 Å². The average molecular weight is 473 g/mol. The minimum Gasteiger partial charge on any atom is -0.484 e. The van der Waals surface area contributed by atoms with Gasteiger partial charge in [-0.3, -0.25) is 9.48 Å². The zero-order chi connectivity index (χ0) is 19.6. The highest BCUT2D eigenvalue weighted by atomic mass is 79.9. The first-order valence-corrected chi connectivity index (χ1v) is 9.48. The van der Waals surface area contributed by atoms with Gasteiger partial charge in [0.15, 0.2) is 5.76 Å². The maximum Gasteiger partial charge on any atom is 0.289 e. The summed E-state index contributed by atoms with van der Waals surface area (Å²) in [5.41, 5.74) is 0.887. The van der Waals surface area contributed by atoms with Gasteiger partial charge in [-0.15, -0.1) is 0 Å². The summed E-state index contributed by atoms with van der Waals surface area (Å²) in [4.78, 5) is 14.1. The average Bonchev–Trinajstić information content (AvgIpc) is 3.22. The minimum atomic E-state index is -0.237. The first-order chi connectivity index (χ1) is 12.8. The third-order valence-electron chi connectivity index (χ3n) is 3.88. The van der Waals surface area contributed by atoms with E-state index in [1.807, 2.05) is 7.05 Å². The molecule has 0 saturated heterocycles. The molecule has 0 atom stereocenters. The molecular formula is C18H16BrCl2N3O3. The van der Waals surface area contributed by atoms with Crippen LogP contribution in [0, 0.1) is 0 Å². The highest BCUT2D eigenvalue weighted by molar-refractivity contribution is 9.10. The summed E-state index contributed by atoms with van der Waals surface area (Å²) in [7, 11) is 3.52. The Labute approximate surface area is 174 Å². The van der Waals surface area contributed by atoms with Gasteiger partial charge in [0.25, 0.3) is 5.91 Å². The lowest BCUT2D eigenvalue weighted by atomic mass is 10.3. The molecular weight excluding hydrogens is 457 g/mol. The summed E-state index contributed by atoms with van der Waals surface area (Å²) < 4.78 is 13.8. The van der Waals surface area contributed by atoms with Gasteiger partial charge in [-0.1, -0.05) is 23.2 Å². The fourth-order valence-electron chi connectivity index (χ4n) is 2.41. The van der Waals surface area contributed by atoms with Crippen LogP contribution in [0.25, 0.3) is 0 Å². The second-order valence-corrected chi connectivity index (χ2v) is 7.55. The number of ether oxygens (including phenoxy) is 1. The Morgan fingerprint density at radius 1 is 1.33 bits per heavy atom. The van der Waals surface area contributed by atoms with Gasteiger partial charge in [-0.2, -0.15) is 5.10 Å². The van der Waals surface area contributed by atoms with Gasteiger partial charge in [-0.25, -0.2) is 0 Å². The summed E-state index contributed by atoms with van der Waals surface area (Å²) in [5, 5.41) is 5.08. The first kappa shape index (κ1) is 19.8. The molecule has 0 fully saturated rings. The maximum absolute atomic E-state index is 12.6. The molecule has 3 aromatic rings. The lowest BCUT2D eigenvalue weighted by Crippen LogP contribution is -2.27. The Hall–Kier alpha value is -1.96. The van der Waals surface area contributed by atoms with Crippen LogP contribution in [-0.4, -0.2) is 27.6 Å². The molecule has 0 spiro atoms. The molecule has 6 nitrogen and oxygen atoms in total. The zero-order valence-electron chi connectivity index (χ0n) is 14.6. The van der Waals surface area contributed by atoms with E-state index in [1.165, 1.54) is 0 Å². The van der Waals surface area contributed by atoms with Gasteiger partial charge in [0, 0.05) is 19.1 Å². The van der Waals surface area contributed by atoms with Crippen LogP contribution in [0.1, 0.15) is 22.0 Å². The van der Waals surface area contributed by atoms with Crippen molar-refractivity contribution in [2.24, 2.45) is 7.05 Å². The SMILES string of the molecule is CN(Cc1c(Br)cnn1C)C(=O)c1ccc(COc2ccc(Cl)cc2Cl)o1. The van der Waals surface area contributed by atoms with Gasteiger partial charge in [0.1, 0.15) is 18.1 Å². The van der Waals surface area contributed by atoms with Crippen molar-refractivity contribution in [1.29, 1.82) is 0 Å². The minimum absolute atomic E-state index is 0.144. The Bertz CT molecular complexity index is 951. The fourth-order valence-corrected chi connectivity index (χ4v) is 3.35. The Balaban J connectivity index is 1.63. The van der Waals surface area contributed by atoms with Crippen molar-refractivity contribution >= 4 is 45.0 Å². The maximum atomic E-state index is 12.6. The number of furan rings is 1. The highest BCUT2D eigenvalue weighted by Gasteiger charge is 2.19. The molecule has 2 heterocycles. The monoisotopic (exact) mass is 471 g/mol. The van der Waals surface area contributed by atoms with E-state index in [9.17, 15) is 4.79 Å². The van der Waals surface area contributed by atoms with Crippen molar-refractivity contribution in [3.8, 4) is 5.75 Å². The third-order valence-corrected chi connectivity index (χ3v) is 5.07.